The first-order valence-electron chi connectivity index (χ1n) is 7.38. The molecule has 1 aromatic carbocycles. The first-order valence-corrected chi connectivity index (χ1v) is 7.76. The Kier molecular flexibility index (Phi) is 5.86. The average Bonchev–Trinajstić information content (AvgIpc) is 2.48. The number of fused-ring (bicyclic) bond motifs is 1. The average molecular weight is 324 g/mol. The van der Waals surface area contributed by atoms with Gasteiger partial charge in [-0.2, -0.15) is 0 Å². The maximum Gasteiger partial charge on any atom is 0.139 e. The van der Waals surface area contributed by atoms with Crippen LogP contribution >= 0.6 is 11.6 Å². The third-order valence-corrected chi connectivity index (χ3v) is 3.63. The molecule has 0 aliphatic carbocycles. The lowest BCUT2D eigenvalue weighted by molar-refractivity contribution is 0.195. The van der Waals surface area contributed by atoms with Crippen LogP contribution in [-0.2, 0) is 11.2 Å². The molecule has 0 bridgehead atoms. The van der Waals surface area contributed by atoms with Crippen molar-refractivity contribution >= 4 is 22.5 Å². The fourth-order valence-electron chi connectivity index (χ4n) is 2.29. The van der Waals surface area contributed by atoms with Crippen molar-refractivity contribution in [2.45, 2.75) is 32.8 Å². The minimum atomic E-state index is 0.0818. The van der Waals surface area contributed by atoms with Gasteiger partial charge in [0.1, 0.15) is 16.5 Å². The van der Waals surface area contributed by atoms with Gasteiger partial charge in [0.25, 0.3) is 0 Å². The molecule has 1 aromatic heterocycles. The number of hydrogen-bond donors (Lipinski definition) is 0. The van der Waals surface area contributed by atoms with Crippen LogP contribution in [0.3, 0.4) is 0 Å². The van der Waals surface area contributed by atoms with Crippen molar-refractivity contribution in [3.8, 4) is 11.5 Å². The van der Waals surface area contributed by atoms with Crippen molar-refractivity contribution in [2.24, 2.45) is 0 Å². The predicted molar refractivity (Wildman–Crippen MR) is 89.3 cm³/mol. The van der Waals surface area contributed by atoms with Crippen molar-refractivity contribution in [1.82, 2.24) is 4.98 Å². The first-order chi connectivity index (χ1) is 10.6. The quantitative estimate of drug-likeness (QED) is 0.714. The Morgan fingerprint density at radius 1 is 1.18 bits per heavy atom. The number of ether oxygens (including phenoxy) is 3. The van der Waals surface area contributed by atoms with E-state index in [0.717, 1.165) is 29.7 Å². The molecule has 0 unspecified atom stereocenters. The molecule has 120 valence electrons. The zero-order valence-electron chi connectivity index (χ0n) is 13.5. The Hall–Kier alpha value is -1.52. The Morgan fingerprint density at radius 3 is 2.59 bits per heavy atom. The van der Waals surface area contributed by atoms with Gasteiger partial charge < -0.3 is 14.2 Å². The van der Waals surface area contributed by atoms with E-state index in [9.17, 15) is 0 Å². The molecule has 0 amide bonds. The molecule has 0 atom stereocenters. The van der Waals surface area contributed by atoms with E-state index in [1.165, 1.54) is 0 Å². The highest BCUT2D eigenvalue weighted by atomic mass is 35.5. The van der Waals surface area contributed by atoms with Crippen molar-refractivity contribution in [3.63, 3.8) is 0 Å². The summed E-state index contributed by atoms with van der Waals surface area (Å²) in [5, 5.41) is 1.41. The van der Waals surface area contributed by atoms with Crippen LogP contribution in [0.5, 0.6) is 11.5 Å². The maximum absolute atomic E-state index is 6.42. The van der Waals surface area contributed by atoms with E-state index in [0.29, 0.717) is 22.9 Å². The molecular formula is C17H22ClNO3. The normalized spacial score (nSPS) is 11.2. The van der Waals surface area contributed by atoms with E-state index in [1.54, 1.807) is 14.2 Å². The molecule has 22 heavy (non-hydrogen) atoms. The molecule has 0 aliphatic rings. The van der Waals surface area contributed by atoms with Gasteiger partial charge in [0.2, 0.25) is 0 Å². The van der Waals surface area contributed by atoms with Crippen molar-refractivity contribution in [3.05, 3.63) is 28.9 Å². The van der Waals surface area contributed by atoms with Crippen LogP contribution in [0.25, 0.3) is 10.9 Å². The first kappa shape index (κ1) is 16.8. The van der Waals surface area contributed by atoms with Gasteiger partial charge >= 0.3 is 0 Å². The Bertz CT molecular complexity index is 643. The highest BCUT2D eigenvalue weighted by Crippen LogP contribution is 2.36. The van der Waals surface area contributed by atoms with Crippen LogP contribution < -0.4 is 9.47 Å². The number of nitrogens with zero attached hydrogens (tertiary/aromatic N) is 1. The third kappa shape index (κ3) is 3.81. The van der Waals surface area contributed by atoms with Gasteiger partial charge in [-0.25, -0.2) is 0 Å². The van der Waals surface area contributed by atoms with Gasteiger partial charge in [0.15, 0.2) is 0 Å². The number of methoxy groups -OCH3 is 2. The van der Waals surface area contributed by atoms with Crippen LogP contribution in [0, 0.1) is 0 Å². The Balaban J connectivity index is 2.50. The number of rotatable bonds is 7. The molecule has 0 aliphatic heterocycles. The van der Waals surface area contributed by atoms with E-state index in [1.807, 2.05) is 32.0 Å². The fourth-order valence-corrected chi connectivity index (χ4v) is 2.58. The number of aromatic nitrogens is 1. The minimum absolute atomic E-state index is 0.0818. The largest absolute Gasteiger partial charge is 0.495 e. The van der Waals surface area contributed by atoms with Crippen molar-refractivity contribution in [2.75, 3.05) is 20.8 Å². The minimum Gasteiger partial charge on any atom is -0.495 e. The lowest BCUT2D eigenvalue weighted by Crippen LogP contribution is -2.07. The molecule has 0 saturated carbocycles. The topological polar surface area (TPSA) is 40.6 Å². The van der Waals surface area contributed by atoms with Gasteiger partial charge in [-0.15, -0.1) is 0 Å². The number of hydrogen-bond acceptors (Lipinski definition) is 4. The molecule has 4 nitrogen and oxygen atoms in total. The highest BCUT2D eigenvalue weighted by molar-refractivity contribution is 6.36. The van der Waals surface area contributed by atoms with Crippen LogP contribution in [0.15, 0.2) is 18.2 Å². The van der Waals surface area contributed by atoms with Gasteiger partial charge in [0.05, 0.1) is 18.7 Å². The van der Waals surface area contributed by atoms with Crippen molar-refractivity contribution in [1.29, 1.82) is 0 Å². The SMILES string of the molecule is COCCCc1cc(OC(C)C)c2ccc(OC)c(Cl)c2n1. The lowest BCUT2D eigenvalue weighted by Gasteiger charge is -2.15. The smallest absolute Gasteiger partial charge is 0.139 e. The maximum atomic E-state index is 6.42. The van der Waals surface area contributed by atoms with Crippen LogP contribution in [0.1, 0.15) is 26.0 Å². The van der Waals surface area contributed by atoms with E-state index in [-0.39, 0.29) is 6.10 Å². The molecule has 2 rings (SSSR count). The molecule has 0 fully saturated rings. The second-order valence-electron chi connectivity index (χ2n) is 5.35. The van der Waals surface area contributed by atoms with Crippen LogP contribution in [0.2, 0.25) is 5.02 Å². The summed E-state index contributed by atoms with van der Waals surface area (Å²) in [5.41, 5.74) is 1.65. The molecule has 0 saturated heterocycles. The Morgan fingerprint density at radius 2 is 1.95 bits per heavy atom. The van der Waals surface area contributed by atoms with E-state index < -0.39 is 0 Å². The van der Waals surface area contributed by atoms with Crippen molar-refractivity contribution < 1.29 is 14.2 Å². The second-order valence-corrected chi connectivity index (χ2v) is 5.73. The van der Waals surface area contributed by atoms with E-state index in [4.69, 9.17) is 25.8 Å². The highest BCUT2D eigenvalue weighted by Gasteiger charge is 2.14. The molecule has 2 aromatic rings. The number of aryl methyl sites for hydroxylation is 1. The zero-order valence-corrected chi connectivity index (χ0v) is 14.2. The summed E-state index contributed by atoms with van der Waals surface area (Å²) in [6.45, 7) is 4.70. The standard InChI is InChI=1S/C17H22ClNO3/c1-11(2)22-15-10-12(6-5-9-20-3)19-17-13(15)7-8-14(21-4)16(17)18/h7-8,10-11H,5-6,9H2,1-4H3. The van der Waals surface area contributed by atoms with Gasteiger partial charge in [-0.1, -0.05) is 11.6 Å². The van der Waals surface area contributed by atoms with Crippen LogP contribution in [0.4, 0.5) is 0 Å². The third-order valence-electron chi connectivity index (χ3n) is 3.26. The number of halogens is 1. The van der Waals surface area contributed by atoms with Gasteiger partial charge in [-0.05, 0) is 38.8 Å². The lowest BCUT2D eigenvalue weighted by atomic mass is 10.1. The molecule has 5 heteroatoms. The molecule has 0 spiro atoms. The van der Waals surface area contributed by atoms with Gasteiger partial charge in [0, 0.05) is 30.9 Å². The monoisotopic (exact) mass is 323 g/mol. The zero-order chi connectivity index (χ0) is 16.1. The molecule has 1 heterocycles. The van der Waals surface area contributed by atoms with E-state index in [2.05, 4.69) is 4.98 Å². The summed E-state index contributed by atoms with van der Waals surface area (Å²) in [6.07, 6.45) is 1.79. The molecule has 0 N–H and O–H groups in total. The second kappa shape index (κ2) is 7.65. The molecular weight excluding hydrogens is 302 g/mol. The summed E-state index contributed by atoms with van der Waals surface area (Å²) in [4.78, 5) is 4.68. The summed E-state index contributed by atoms with van der Waals surface area (Å²) in [5.74, 6) is 1.42. The number of benzene rings is 1. The fraction of sp³-hybridized carbons (Fsp3) is 0.471. The summed E-state index contributed by atoms with van der Waals surface area (Å²) in [6, 6.07) is 5.76. The summed E-state index contributed by atoms with van der Waals surface area (Å²) in [7, 11) is 3.30. The summed E-state index contributed by atoms with van der Waals surface area (Å²) >= 11 is 6.42. The summed E-state index contributed by atoms with van der Waals surface area (Å²) < 4.78 is 16.3. The van der Waals surface area contributed by atoms with Crippen LogP contribution in [-0.4, -0.2) is 31.9 Å². The van der Waals surface area contributed by atoms with Gasteiger partial charge in [-0.3, -0.25) is 4.98 Å². The Labute approximate surface area is 136 Å². The molecule has 0 radical (unpaired) electrons. The predicted octanol–water partition coefficient (Wildman–Crippen LogP) is 4.26. The number of pyridine rings is 1. The van der Waals surface area contributed by atoms with E-state index >= 15 is 0 Å².